The molecule has 2 rings (SSSR count). The molecule has 0 radical (unpaired) electrons. The first-order valence-electron chi connectivity index (χ1n) is 7.43. The van der Waals surface area contributed by atoms with Crippen LogP contribution in [0.3, 0.4) is 0 Å². The van der Waals surface area contributed by atoms with E-state index in [1.807, 2.05) is 0 Å². The van der Waals surface area contributed by atoms with Crippen LogP contribution in [0.4, 0.5) is 13.2 Å². The van der Waals surface area contributed by atoms with E-state index in [9.17, 15) is 27.6 Å². The minimum absolute atomic E-state index is 0.00694. The molecule has 10 heteroatoms. The van der Waals surface area contributed by atoms with E-state index in [0.717, 1.165) is 12.1 Å². The number of halogens is 3. The minimum Gasteiger partial charge on any atom is -0.368 e. The number of aryl methyl sites for hydroxylation is 1. The zero-order valence-corrected chi connectivity index (χ0v) is 13.6. The van der Waals surface area contributed by atoms with E-state index in [0.29, 0.717) is 0 Å². The average molecular weight is 358 g/mol. The van der Waals surface area contributed by atoms with Gasteiger partial charge >= 0.3 is 6.18 Å². The van der Waals surface area contributed by atoms with Crippen molar-refractivity contribution >= 4 is 17.7 Å². The Morgan fingerprint density at radius 3 is 2.36 bits per heavy atom. The van der Waals surface area contributed by atoms with E-state index in [4.69, 9.17) is 5.73 Å². The van der Waals surface area contributed by atoms with Crippen molar-refractivity contribution in [3.63, 3.8) is 0 Å². The maximum Gasteiger partial charge on any atom is 0.433 e. The Bertz CT molecular complexity index is 720. The SMILES string of the molecule is CC(=O)N1CCN(C(=O)c2ccc(C(F)(F)F)nc2C)C[C@@H]1C(N)=O. The first kappa shape index (κ1) is 18.7. The zero-order valence-electron chi connectivity index (χ0n) is 13.6. The number of carbonyl (C=O) groups is 3. The third-order valence-electron chi connectivity index (χ3n) is 4.01. The molecule has 0 spiro atoms. The van der Waals surface area contributed by atoms with Gasteiger partial charge in [0.05, 0.1) is 17.8 Å². The number of amides is 3. The molecule has 2 heterocycles. The Hall–Kier alpha value is -2.65. The van der Waals surface area contributed by atoms with Gasteiger partial charge in [0.2, 0.25) is 11.8 Å². The van der Waals surface area contributed by atoms with Gasteiger partial charge in [-0.15, -0.1) is 0 Å². The predicted octanol–water partition coefficient (Wildman–Crippen LogP) is 0.567. The van der Waals surface area contributed by atoms with Crippen LogP contribution in [0.5, 0.6) is 0 Å². The lowest BCUT2D eigenvalue weighted by atomic mass is 10.1. The molecule has 0 unspecified atom stereocenters. The van der Waals surface area contributed by atoms with E-state index in [2.05, 4.69) is 4.98 Å². The van der Waals surface area contributed by atoms with Crippen molar-refractivity contribution in [1.82, 2.24) is 14.8 Å². The van der Waals surface area contributed by atoms with Crippen LogP contribution in [0.2, 0.25) is 0 Å². The average Bonchev–Trinajstić information content (AvgIpc) is 2.52. The van der Waals surface area contributed by atoms with Crippen molar-refractivity contribution < 1.29 is 27.6 Å². The van der Waals surface area contributed by atoms with Crippen molar-refractivity contribution in [2.75, 3.05) is 19.6 Å². The molecule has 1 fully saturated rings. The number of hydrogen-bond acceptors (Lipinski definition) is 4. The number of aromatic nitrogens is 1. The van der Waals surface area contributed by atoms with Crippen LogP contribution in [0, 0.1) is 6.92 Å². The highest BCUT2D eigenvalue weighted by Crippen LogP contribution is 2.28. The lowest BCUT2D eigenvalue weighted by molar-refractivity contribution is -0.141. The maximum atomic E-state index is 12.7. The van der Waals surface area contributed by atoms with Crippen LogP contribution in [0.15, 0.2) is 12.1 Å². The normalized spacial score (nSPS) is 18.2. The fourth-order valence-corrected chi connectivity index (χ4v) is 2.70. The van der Waals surface area contributed by atoms with Crippen LogP contribution in [0.25, 0.3) is 0 Å². The first-order valence-corrected chi connectivity index (χ1v) is 7.43. The summed E-state index contributed by atoms with van der Waals surface area (Å²) >= 11 is 0. The number of rotatable bonds is 2. The van der Waals surface area contributed by atoms with Gasteiger partial charge in [-0.1, -0.05) is 0 Å². The van der Waals surface area contributed by atoms with Gasteiger partial charge in [0, 0.05) is 20.0 Å². The summed E-state index contributed by atoms with van der Waals surface area (Å²) in [6.45, 7) is 2.73. The summed E-state index contributed by atoms with van der Waals surface area (Å²) in [5, 5.41) is 0. The van der Waals surface area contributed by atoms with Gasteiger partial charge in [-0.3, -0.25) is 14.4 Å². The molecule has 1 atom stereocenters. The maximum absolute atomic E-state index is 12.7. The summed E-state index contributed by atoms with van der Waals surface area (Å²) in [4.78, 5) is 41.6. The summed E-state index contributed by atoms with van der Waals surface area (Å²) in [5.74, 6) is -1.66. The summed E-state index contributed by atoms with van der Waals surface area (Å²) in [6, 6.07) is 0.819. The van der Waals surface area contributed by atoms with Crippen molar-refractivity contribution in [2.45, 2.75) is 26.1 Å². The second-order valence-electron chi connectivity index (χ2n) is 5.71. The Morgan fingerprint density at radius 1 is 1.24 bits per heavy atom. The monoisotopic (exact) mass is 358 g/mol. The van der Waals surface area contributed by atoms with Crippen LogP contribution in [-0.2, 0) is 15.8 Å². The topological polar surface area (TPSA) is 96.6 Å². The second-order valence-corrected chi connectivity index (χ2v) is 5.71. The molecule has 1 aromatic rings. The van der Waals surface area contributed by atoms with E-state index in [1.165, 1.54) is 23.6 Å². The summed E-state index contributed by atoms with van der Waals surface area (Å²) < 4.78 is 38.0. The largest absolute Gasteiger partial charge is 0.433 e. The summed E-state index contributed by atoms with van der Waals surface area (Å²) in [6.07, 6.45) is -4.60. The molecule has 0 aliphatic carbocycles. The molecular formula is C15H17F3N4O3. The summed E-state index contributed by atoms with van der Waals surface area (Å²) in [5.41, 5.74) is 4.14. The van der Waals surface area contributed by atoms with Gasteiger partial charge in [-0.05, 0) is 19.1 Å². The van der Waals surface area contributed by atoms with E-state index < -0.39 is 29.7 Å². The number of nitrogens with zero attached hydrogens (tertiary/aromatic N) is 3. The smallest absolute Gasteiger partial charge is 0.368 e. The first-order chi connectivity index (χ1) is 11.5. The van der Waals surface area contributed by atoms with Gasteiger partial charge in [-0.2, -0.15) is 13.2 Å². The van der Waals surface area contributed by atoms with Crippen molar-refractivity contribution in [1.29, 1.82) is 0 Å². The molecule has 1 saturated heterocycles. The van der Waals surface area contributed by atoms with Crippen LogP contribution in [0.1, 0.15) is 28.7 Å². The molecule has 2 N–H and O–H groups in total. The lowest BCUT2D eigenvalue weighted by Crippen LogP contribution is -2.60. The number of primary amides is 1. The Kier molecular flexibility index (Phi) is 5.00. The van der Waals surface area contributed by atoms with Gasteiger partial charge in [0.15, 0.2) is 0 Å². The third kappa shape index (κ3) is 3.89. The minimum atomic E-state index is -4.60. The zero-order chi connectivity index (χ0) is 18.9. The molecule has 25 heavy (non-hydrogen) atoms. The van der Waals surface area contributed by atoms with Gasteiger partial charge in [0.1, 0.15) is 11.7 Å². The van der Waals surface area contributed by atoms with Gasteiger partial charge in [0.25, 0.3) is 5.91 Å². The highest BCUT2D eigenvalue weighted by Gasteiger charge is 2.36. The van der Waals surface area contributed by atoms with Crippen LogP contribution in [-0.4, -0.2) is 58.2 Å². The van der Waals surface area contributed by atoms with Crippen molar-refractivity contribution in [2.24, 2.45) is 5.73 Å². The number of carbonyl (C=O) groups excluding carboxylic acids is 3. The van der Waals surface area contributed by atoms with E-state index in [-0.39, 0.29) is 36.8 Å². The van der Waals surface area contributed by atoms with Gasteiger partial charge < -0.3 is 15.5 Å². The Labute approximate surface area is 141 Å². The molecule has 1 aliphatic heterocycles. The number of hydrogen-bond donors (Lipinski definition) is 1. The fourth-order valence-electron chi connectivity index (χ4n) is 2.70. The number of piperazine rings is 1. The molecule has 1 aliphatic rings. The summed E-state index contributed by atoms with van der Waals surface area (Å²) in [7, 11) is 0. The fraction of sp³-hybridized carbons (Fsp3) is 0.467. The molecular weight excluding hydrogens is 341 g/mol. The predicted molar refractivity (Wildman–Crippen MR) is 80.2 cm³/mol. The quantitative estimate of drug-likeness (QED) is 0.836. The Balaban J connectivity index is 2.24. The highest BCUT2D eigenvalue weighted by molar-refractivity contribution is 5.96. The van der Waals surface area contributed by atoms with Crippen LogP contribution >= 0.6 is 0 Å². The standard InChI is InChI=1S/C15H17F3N4O3/c1-8-10(3-4-12(20-8)15(16,17)18)14(25)21-5-6-22(9(2)23)11(7-21)13(19)24/h3-4,11H,5-7H2,1-2H3,(H2,19,24)/t11-/m1/s1. The number of alkyl halides is 3. The molecule has 7 nitrogen and oxygen atoms in total. The molecule has 0 aromatic carbocycles. The molecule has 3 amide bonds. The van der Waals surface area contributed by atoms with E-state index in [1.54, 1.807) is 0 Å². The molecule has 136 valence electrons. The highest BCUT2D eigenvalue weighted by atomic mass is 19.4. The molecule has 0 saturated carbocycles. The van der Waals surface area contributed by atoms with E-state index >= 15 is 0 Å². The van der Waals surface area contributed by atoms with Gasteiger partial charge in [-0.25, -0.2) is 4.98 Å². The van der Waals surface area contributed by atoms with Crippen molar-refractivity contribution in [3.8, 4) is 0 Å². The third-order valence-corrected chi connectivity index (χ3v) is 4.01. The number of nitrogens with two attached hydrogens (primary N) is 1. The lowest BCUT2D eigenvalue weighted by Gasteiger charge is -2.39. The second kappa shape index (κ2) is 6.69. The Morgan fingerprint density at radius 2 is 1.88 bits per heavy atom. The van der Waals surface area contributed by atoms with Crippen LogP contribution < -0.4 is 5.73 Å². The van der Waals surface area contributed by atoms with Crippen molar-refractivity contribution in [3.05, 3.63) is 29.1 Å². The molecule has 1 aromatic heterocycles. The molecule has 0 bridgehead atoms. The number of pyridine rings is 1.